The number of hydrogen-bond donors (Lipinski definition) is 0. The highest BCUT2D eigenvalue weighted by molar-refractivity contribution is 6.42. The highest BCUT2D eigenvalue weighted by Crippen LogP contribution is 2.48. The van der Waals surface area contributed by atoms with Gasteiger partial charge in [-0.3, -0.25) is 0 Å². The summed E-state index contributed by atoms with van der Waals surface area (Å²) in [6.07, 6.45) is 1.43. The van der Waals surface area contributed by atoms with Gasteiger partial charge in [-0.05, 0) is 25.0 Å². The van der Waals surface area contributed by atoms with E-state index in [0.717, 1.165) is 0 Å². The second-order valence-electron chi connectivity index (χ2n) is 7.00. The molecule has 8 heteroatoms. The molecule has 0 bridgehead atoms. The molecule has 6 nitrogen and oxygen atoms in total. The molecule has 0 unspecified atom stereocenters. The van der Waals surface area contributed by atoms with Gasteiger partial charge in [-0.2, -0.15) is 0 Å². The van der Waals surface area contributed by atoms with Gasteiger partial charge >= 0.3 is 11.9 Å². The minimum Gasteiger partial charge on any atom is -0.481 e. The SMILES string of the molecule is CCCOC(=O)COc1c2ccccc2c(OCC(=O)OCCC)c2c(Cl)ccc(Cl)c12. The van der Waals surface area contributed by atoms with E-state index in [4.69, 9.17) is 42.1 Å². The number of halogens is 2. The smallest absolute Gasteiger partial charge is 0.344 e. The van der Waals surface area contributed by atoms with Crippen LogP contribution in [0.4, 0.5) is 0 Å². The van der Waals surface area contributed by atoms with Crippen LogP contribution in [0.5, 0.6) is 11.5 Å². The summed E-state index contributed by atoms with van der Waals surface area (Å²) in [5.74, 6) is -0.197. The van der Waals surface area contributed by atoms with E-state index in [1.54, 1.807) is 12.1 Å². The molecule has 170 valence electrons. The van der Waals surface area contributed by atoms with Crippen LogP contribution in [0.3, 0.4) is 0 Å². The van der Waals surface area contributed by atoms with Crippen molar-refractivity contribution >= 4 is 56.7 Å². The van der Waals surface area contributed by atoms with Gasteiger partial charge in [0.25, 0.3) is 0 Å². The molecule has 3 aromatic carbocycles. The van der Waals surface area contributed by atoms with Gasteiger partial charge in [0.2, 0.25) is 0 Å². The first-order valence-electron chi connectivity index (χ1n) is 10.4. The Hall–Kier alpha value is -2.70. The van der Waals surface area contributed by atoms with E-state index in [0.29, 0.717) is 69.1 Å². The highest BCUT2D eigenvalue weighted by Gasteiger charge is 2.22. The summed E-state index contributed by atoms with van der Waals surface area (Å²) >= 11 is 13.1. The number of hydrogen-bond acceptors (Lipinski definition) is 6. The summed E-state index contributed by atoms with van der Waals surface area (Å²) in [7, 11) is 0. The average Bonchev–Trinajstić information content (AvgIpc) is 2.80. The van der Waals surface area contributed by atoms with E-state index in [1.807, 2.05) is 38.1 Å². The first-order valence-corrected chi connectivity index (χ1v) is 11.1. The molecule has 0 aliphatic heterocycles. The van der Waals surface area contributed by atoms with Crippen LogP contribution in [-0.2, 0) is 19.1 Å². The second kappa shape index (κ2) is 11.2. The summed E-state index contributed by atoms with van der Waals surface area (Å²) < 4.78 is 22.0. The molecule has 0 amide bonds. The third kappa shape index (κ3) is 5.37. The Bertz CT molecular complexity index is 1040. The number of rotatable bonds is 10. The number of esters is 2. The van der Waals surface area contributed by atoms with Crippen molar-refractivity contribution < 1.29 is 28.5 Å². The van der Waals surface area contributed by atoms with Crippen LogP contribution in [0.15, 0.2) is 36.4 Å². The second-order valence-corrected chi connectivity index (χ2v) is 7.82. The van der Waals surface area contributed by atoms with Crippen LogP contribution in [0.25, 0.3) is 21.5 Å². The molecule has 0 saturated heterocycles. The Kier molecular flexibility index (Phi) is 8.42. The van der Waals surface area contributed by atoms with Crippen LogP contribution in [0.2, 0.25) is 10.0 Å². The van der Waals surface area contributed by atoms with Crippen LogP contribution in [0, 0.1) is 0 Å². The monoisotopic (exact) mass is 478 g/mol. The Morgan fingerprint density at radius 3 is 1.50 bits per heavy atom. The molecular weight excluding hydrogens is 455 g/mol. The van der Waals surface area contributed by atoms with Crippen molar-refractivity contribution in [2.24, 2.45) is 0 Å². The van der Waals surface area contributed by atoms with E-state index >= 15 is 0 Å². The normalized spacial score (nSPS) is 10.9. The minimum absolute atomic E-state index is 0.286. The van der Waals surface area contributed by atoms with E-state index in [-0.39, 0.29) is 13.2 Å². The number of ether oxygens (including phenoxy) is 4. The molecule has 0 spiro atoms. The summed E-state index contributed by atoms with van der Waals surface area (Å²) in [5.41, 5.74) is 0. The van der Waals surface area contributed by atoms with Gasteiger partial charge < -0.3 is 18.9 Å². The summed E-state index contributed by atoms with van der Waals surface area (Å²) in [5, 5.41) is 3.01. The van der Waals surface area contributed by atoms with E-state index in [9.17, 15) is 9.59 Å². The first-order chi connectivity index (χ1) is 15.5. The molecule has 0 heterocycles. The lowest BCUT2D eigenvalue weighted by Gasteiger charge is -2.19. The molecule has 0 fully saturated rings. The molecule has 0 aliphatic rings. The third-order valence-corrected chi connectivity index (χ3v) is 5.21. The van der Waals surface area contributed by atoms with Crippen molar-refractivity contribution in [2.45, 2.75) is 26.7 Å². The Morgan fingerprint density at radius 1 is 0.719 bits per heavy atom. The number of fused-ring (bicyclic) bond motifs is 2. The van der Waals surface area contributed by atoms with Crippen molar-refractivity contribution in [1.82, 2.24) is 0 Å². The standard InChI is InChI=1S/C24H24Cl2O6/c1-3-11-29-19(27)13-31-23-15-7-5-6-8-16(15)24(32-14-20(28)30-12-4-2)22-18(26)10-9-17(25)21(22)23/h5-10H,3-4,11-14H2,1-2H3. The van der Waals surface area contributed by atoms with Gasteiger partial charge in [0, 0.05) is 21.5 Å². The largest absolute Gasteiger partial charge is 0.481 e. The average molecular weight is 479 g/mol. The van der Waals surface area contributed by atoms with Gasteiger partial charge in [0.1, 0.15) is 11.5 Å². The van der Waals surface area contributed by atoms with Gasteiger partial charge in [-0.1, -0.05) is 61.3 Å². The molecule has 3 rings (SSSR count). The Balaban J connectivity index is 2.11. The molecule has 0 radical (unpaired) electrons. The van der Waals surface area contributed by atoms with E-state index in [2.05, 4.69) is 0 Å². The molecule has 0 aliphatic carbocycles. The predicted molar refractivity (Wildman–Crippen MR) is 125 cm³/mol. The molecule has 32 heavy (non-hydrogen) atoms. The zero-order chi connectivity index (χ0) is 23.1. The molecule has 0 N–H and O–H groups in total. The minimum atomic E-state index is -0.485. The lowest BCUT2D eigenvalue weighted by Crippen LogP contribution is -2.16. The maximum Gasteiger partial charge on any atom is 0.344 e. The summed E-state index contributed by atoms with van der Waals surface area (Å²) in [4.78, 5) is 24.1. The predicted octanol–water partition coefficient (Wildman–Crippen LogP) is 5.96. The lowest BCUT2D eigenvalue weighted by atomic mass is 10.0. The fraction of sp³-hybridized carbons (Fsp3) is 0.333. The van der Waals surface area contributed by atoms with Crippen molar-refractivity contribution in [1.29, 1.82) is 0 Å². The fourth-order valence-electron chi connectivity index (χ4n) is 3.22. The van der Waals surface area contributed by atoms with Crippen LogP contribution in [-0.4, -0.2) is 38.4 Å². The van der Waals surface area contributed by atoms with Crippen LogP contribution >= 0.6 is 23.2 Å². The zero-order valence-electron chi connectivity index (χ0n) is 17.9. The first kappa shape index (κ1) is 24.0. The highest BCUT2D eigenvalue weighted by atomic mass is 35.5. The van der Waals surface area contributed by atoms with Crippen molar-refractivity contribution in [3.63, 3.8) is 0 Å². The fourth-order valence-corrected chi connectivity index (χ4v) is 3.71. The Morgan fingerprint density at radius 2 is 1.12 bits per heavy atom. The maximum atomic E-state index is 12.0. The van der Waals surface area contributed by atoms with Gasteiger partial charge in [-0.25, -0.2) is 9.59 Å². The van der Waals surface area contributed by atoms with Gasteiger partial charge in [0.15, 0.2) is 13.2 Å². The van der Waals surface area contributed by atoms with E-state index in [1.165, 1.54) is 0 Å². The third-order valence-electron chi connectivity index (χ3n) is 4.58. The van der Waals surface area contributed by atoms with Crippen LogP contribution < -0.4 is 9.47 Å². The van der Waals surface area contributed by atoms with Crippen molar-refractivity contribution in [3.8, 4) is 11.5 Å². The van der Waals surface area contributed by atoms with Crippen molar-refractivity contribution in [2.75, 3.05) is 26.4 Å². The maximum absolute atomic E-state index is 12.0. The topological polar surface area (TPSA) is 71.1 Å². The molecule has 0 saturated carbocycles. The molecule has 3 aromatic rings. The number of carbonyl (C=O) groups is 2. The number of benzene rings is 3. The summed E-state index contributed by atoms with van der Waals surface area (Å²) in [6, 6.07) is 10.6. The van der Waals surface area contributed by atoms with Gasteiger partial charge in [-0.15, -0.1) is 0 Å². The summed E-state index contributed by atoms with van der Waals surface area (Å²) in [6.45, 7) is 3.88. The zero-order valence-corrected chi connectivity index (χ0v) is 19.4. The van der Waals surface area contributed by atoms with E-state index < -0.39 is 11.9 Å². The molecule has 0 atom stereocenters. The van der Waals surface area contributed by atoms with Crippen LogP contribution in [0.1, 0.15) is 26.7 Å². The molecular formula is C24H24Cl2O6. The lowest BCUT2D eigenvalue weighted by molar-refractivity contribution is -0.146. The number of carbonyl (C=O) groups excluding carboxylic acids is 2. The quantitative estimate of drug-likeness (QED) is 0.264. The van der Waals surface area contributed by atoms with Crippen molar-refractivity contribution in [3.05, 3.63) is 46.4 Å². The Labute approximate surface area is 196 Å². The molecule has 0 aromatic heterocycles. The van der Waals surface area contributed by atoms with Gasteiger partial charge in [0.05, 0.1) is 23.3 Å².